The lowest BCUT2D eigenvalue weighted by Gasteiger charge is -2.28. The Labute approximate surface area is 120 Å². The number of nitrogens with zero attached hydrogens (tertiary/aromatic N) is 1. The quantitative estimate of drug-likeness (QED) is 0.853. The Hall–Kier alpha value is -1.84. The van der Waals surface area contributed by atoms with Gasteiger partial charge in [0.1, 0.15) is 5.41 Å². The summed E-state index contributed by atoms with van der Waals surface area (Å²) in [5.74, 6) is -0.279. The maximum absolute atomic E-state index is 12.4. The van der Waals surface area contributed by atoms with Crippen LogP contribution in [0.5, 0.6) is 0 Å². The lowest BCUT2D eigenvalue weighted by Crippen LogP contribution is -2.48. The van der Waals surface area contributed by atoms with Crippen LogP contribution in [0.4, 0.5) is 0 Å². The predicted molar refractivity (Wildman–Crippen MR) is 77.9 cm³/mol. The van der Waals surface area contributed by atoms with Crippen molar-refractivity contribution in [2.75, 3.05) is 13.1 Å². The molecule has 2 amide bonds. The van der Waals surface area contributed by atoms with Gasteiger partial charge in [-0.3, -0.25) is 9.59 Å². The van der Waals surface area contributed by atoms with E-state index in [-0.39, 0.29) is 11.8 Å². The van der Waals surface area contributed by atoms with Crippen LogP contribution < -0.4 is 5.32 Å². The number of carbonyl (C=O) groups excluding carboxylic acids is 2. The van der Waals surface area contributed by atoms with E-state index in [0.717, 1.165) is 31.5 Å². The van der Waals surface area contributed by atoms with Crippen molar-refractivity contribution >= 4 is 11.8 Å². The molecule has 1 saturated heterocycles. The molecule has 4 nitrogen and oxygen atoms in total. The Balaban J connectivity index is 1.94. The minimum Gasteiger partial charge on any atom is -0.351 e. The second-order valence-corrected chi connectivity index (χ2v) is 5.79. The molecule has 20 heavy (non-hydrogen) atoms. The zero-order valence-corrected chi connectivity index (χ0v) is 12.2. The first-order valence-electron chi connectivity index (χ1n) is 7.13. The Bertz CT molecular complexity index is 477. The summed E-state index contributed by atoms with van der Waals surface area (Å²) in [5.41, 5.74) is 0.0318. The highest BCUT2D eigenvalue weighted by Crippen LogP contribution is 2.22. The molecule has 1 aromatic rings. The van der Waals surface area contributed by atoms with Gasteiger partial charge in [0, 0.05) is 19.6 Å². The fourth-order valence-electron chi connectivity index (χ4n) is 2.41. The standard InChI is InChI=1S/C16H22N2O2/c1-16(2,15(20)18-10-6-7-11-18)14(19)17-12-13-8-4-3-5-9-13/h3-5,8-9H,6-7,10-12H2,1-2H3,(H,17,19). The van der Waals surface area contributed by atoms with Crippen LogP contribution in [0.3, 0.4) is 0 Å². The van der Waals surface area contributed by atoms with E-state index >= 15 is 0 Å². The van der Waals surface area contributed by atoms with Crippen molar-refractivity contribution in [1.82, 2.24) is 10.2 Å². The molecule has 0 spiro atoms. The van der Waals surface area contributed by atoms with Crippen molar-refractivity contribution in [2.45, 2.75) is 33.2 Å². The fourth-order valence-corrected chi connectivity index (χ4v) is 2.41. The van der Waals surface area contributed by atoms with E-state index in [4.69, 9.17) is 0 Å². The first-order chi connectivity index (χ1) is 9.51. The largest absolute Gasteiger partial charge is 0.351 e. The van der Waals surface area contributed by atoms with Gasteiger partial charge >= 0.3 is 0 Å². The molecule has 1 heterocycles. The minimum atomic E-state index is -1.00. The van der Waals surface area contributed by atoms with E-state index in [1.54, 1.807) is 18.7 Å². The third-order valence-corrected chi connectivity index (χ3v) is 3.79. The number of nitrogens with one attached hydrogen (secondary N) is 1. The lowest BCUT2D eigenvalue weighted by atomic mass is 9.90. The van der Waals surface area contributed by atoms with E-state index in [1.165, 1.54) is 0 Å². The minimum absolute atomic E-state index is 0.0689. The monoisotopic (exact) mass is 274 g/mol. The third-order valence-electron chi connectivity index (χ3n) is 3.79. The Morgan fingerprint density at radius 2 is 1.75 bits per heavy atom. The van der Waals surface area contributed by atoms with Gasteiger partial charge in [0.25, 0.3) is 0 Å². The molecule has 0 radical (unpaired) electrons. The van der Waals surface area contributed by atoms with Crippen molar-refractivity contribution in [3.8, 4) is 0 Å². The molecule has 0 aliphatic carbocycles. The smallest absolute Gasteiger partial charge is 0.237 e. The normalized spacial score (nSPS) is 15.2. The van der Waals surface area contributed by atoms with Crippen molar-refractivity contribution in [1.29, 1.82) is 0 Å². The predicted octanol–water partition coefficient (Wildman–Crippen LogP) is 1.95. The molecule has 1 N–H and O–H groups in total. The maximum atomic E-state index is 12.4. The van der Waals surface area contributed by atoms with Gasteiger partial charge in [0.2, 0.25) is 11.8 Å². The zero-order valence-electron chi connectivity index (χ0n) is 12.2. The van der Waals surface area contributed by atoms with Crippen LogP contribution in [0.2, 0.25) is 0 Å². The van der Waals surface area contributed by atoms with Crippen molar-refractivity contribution in [3.63, 3.8) is 0 Å². The van der Waals surface area contributed by atoms with Gasteiger partial charge in [-0.2, -0.15) is 0 Å². The SMILES string of the molecule is CC(C)(C(=O)NCc1ccccc1)C(=O)N1CCCC1. The molecular weight excluding hydrogens is 252 g/mol. The molecule has 1 fully saturated rings. The summed E-state index contributed by atoms with van der Waals surface area (Å²) in [4.78, 5) is 26.5. The molecule has 0 saturated carbocycles. The number of hydrogen-bond donors (Lipinski definition) is 1. The third kappa shape index (κ3) is 3.18. The molecule has 108 valence electrons. The zero-order chi connectivity index (χ0) is 14.6. The highest BCUT2D eigenvalue weighted by Gasteiger charge is 2.39. The first-order valence-corrected chi connectivity index (χ1v) is 7.13. The van der Waals surface area contributed by atoms with Gasteiger partial charge in [0.05, 0.1) is 0 Å². The molecular formula is C16H22N2O2. The van der Waals surface area contributed by atoms with Crippen LogP contribution in [0.25, 0.3) is 0 Å². The molecule has 1 aliphatic heterocycles. The molecule has 2 rings (SSSR count). The van der Waals surface area contributed by atoms with Crippen molar-refractivity contribution in [2.24, 2.45) is 5.41 Å². The second-order valence-electron chi connectivity index (χ2n) is 5.79. The van der Waals surface area contributed by atoms with E-state index in [1.807, 2.05) is 30.3 Å². The summed E-state index contributed by atoms with van der Waals surface area (Å²) in [6.45, 7) is 5.40. The fraction of sp³-hybridized carbons (Fsp3) is 0.500. The van der Waals surface area contributed by atoms with Crippen LogP contribution >= 0.6 is 0 Å². The molecule has 0 unspecified atom stereocenters. The van der Waals surface area contributed by atoms with E-state index in [0.29, 0.717) is 6.54 Å². The van der Waals surface area contributed by atoms with E-state index < -0.39 is 5.41 Å². The molecule has 0 aromatic heterocycles. The maximum Gasteiger partial charge on any atom is 0.237 e. The van der Waals surface area contributed by atoms with E-state index in [2.05, 4.69) is 5.32 Å². The lowest BCUT2D eigenvalue weighted by molar-refractivity contribution is -0.147. The van der Waals surface area contributed by atoms with Crippen molar-refractivity contribution < 1.29 is 9.59 Å². The van der Waals surface area contributed by atoms with Gasteiger partial charge in [-0.05, 0) is 32.3 Å². The van der Waals surface area contributed by atoms with Crippen LogP contribution in [0.1, 0.15) is 32.3 Å². The summed E-state index contributed by atoms with van der Waals surface area (Å²) in [5, 5.41) is 2.86. The molecule has 1 aliphatic rings. The van der Waals surface area contributed by atoms with Gasteiger partial charge in [-0.25, -0.2) is 0 Å². The average molecular weight is 274 g/mol. The number of likely N-dealkylation sites (tertiary alicyclic amines) is 1. The Morgan fingerprint density at radius 1 is 1.15 bits per heavy atom. The summed E-state index contributed by atoms with van der Waals surface area (Å²) in [6.07, 6.45) is 2.07. The van der Waals surface area contributed by atoms with Crippen LogP contribution in [-0.2, 0) is 16.1 Å². The topological polar surface area (TPSA) is 49.4 Å². The van der Waals surface area contributed by atoms with Gasteiger partial charge in [-0.15, -0.1) is 0 Å². The number of benzene rings is 1. The Morgan fingerprint density at radius 3 is 2.35 bits per heavy atom. The van der Waals surface area contributed by atoms with Gasteiger partial charge < -0.3 is 10.2 Å². The highest BCUT2D eigenvalue weighted by molar-refractivity contribution is 6.04. The van der Waals surface area contributed by atoms with Gasteiger partial charge in [0.15, 0.2) is 0 Å². The molecule has 4 heteroatoms. The summed E-state index contributed by atoms with van der Waals surface area (Å²) in [7, 11) is 0. The van der Waals surface area contributed by atoms with Crippen molar-refractivity contribution in [3.05, 3.63) is 35.9 Å². The number of rotatable bonds is 4. The summed E-state index contributed by atoms with van der Waals surface area (Å²) in [6, 6.07) is 9.71. The average Bonchev–Trinajstić information content (AvgIpc) is 2.99. The Kier molecular flexibility index (Phi) is 4.42. The molecule has 0 bridgehead atoms. The van der Waals surface area contributed by atoms with Crippen LogP contribution in [0.15, 0.2) is 30.3 Å². The summed E-state index contributed by atoms with van der Waals surface area (Å²) < 4.78 is 0. The molecule has 0 atom stereocenters. The molecule has 1 aromatic carbocycles. The van der Waals surface area contributed by atoms with Crippen LogP contribution in [0, 0.1) is 5.41 Å². The number of hydrogen-bond acceptors (Lipinski definition) is 2. The summed E-state index contributed by atoms with van der Waals surface area (Å²) >= 11 is 0. The van der Waals surface area contributed by atoms with Crippen LogP contribution in [-0.4, -0.2) is 29.8 Å². The second kappa shape index (κ2) is 6.07. The van der Waals surface area contributed by atoms with Gasteiger partial charge in [-0.1, -0.05) is 30.3 Å². The number of carbonyl (C=O) groups is 2. The first kappa shape index (κ1) is 14.6. The number of amides is 2. The van der Waals surface area contributed by atoms with E-state index in [9.17, 15) is 9.59 Å². The highest BCUT2D eigenvalue weighted by atomic mass is 16.2.